The van der Waals surface area contributed by atoms with Crippen LogP contribution in [0.4, 0.5) is 5.69 Å². The molecule has 18 heavy (non-hydrogen) atoms. The molecule has 1 N–H and O–H groups in total. The molecule has 0 amide bonds. The molecular weight excluding hydrogens is 286 g/mol. The maximum Gasteiger partial charge on any atom is 0.0484 e. The van der Waals surface area contributed by atoms with Crippen LogP contribution in [0, 0.1) is 0 Å². The van der Waals surface area contributed by atoms with Gasteiger partial charge in [0.1, 0.15) is 0 Å². The third-order valence-electron chi connectivity index (χ3n) is 3.22. The van der Waals surface area contributed by atoms with E-state index in [1.807, 2.05) is 6.07 Å². The van der Waals surface area contributed by atoms with Gasteiger partial charge < -0.3 is 5.32 Å². The van der Waals surface area contributed by atoms with Gasteiger partial charge in [-0.1, -0.05) is 64.0 Å². The first-order valence-corrected chi connectivity index (χ1v) is 8.12. The minimum Gasteiger partial charge on any atom is -0.384 e. The average molecular weight is 312 g/mol. The molecule has 1 aromatic rings. The van der Waals surface area contributed by atoms with E-state index in [-0.39, 0.29) is 0 Å². The van der Waals surface area contributed by atoms with Gasteiger partial charge in [-0.25, -0.2) is 0 Å². The third-order valence-corrected chi connectivity index (χ3v) is 3.91. The van der Waals surface area contributed by atoms with Gasteiger partial charge in [0, 0.05) is 16.7 Å². The van der Waals surface area contributed by atoms with Crippen molar-refractivity contribution in [1.82, 2.24) is 0 Å². The Balaban J connectivity index is 1.94. The summed E-state index contributed by atoms with van der Waals surface area (Å²) in [6.45, 7) is 3.35. The second-order valence-corrected chi connectivity index (χ2v) is 5.74. The summed E-state index contributed by atoms with van der Waals surface area (Å²) < 4.78 is 1.16. The standard InChI is InChI=1S/C16H26BrN/c1-2-3-4-5-6-7-8-11-14-18-16-13-10-9-12-15(16)17/h9-10,12-13,18H,2-8,11,14H2,1H3. The largest absolute Gasteiger partial charge is 0.384 e. The molecular formula is C16H26BrN. The number of unbranched alkanes of at least 4 members (excludes halogenated alkanes) is 7. The van der Waals surface area contributed by atoms with Crippen molar-refractivity contribution in [3.8, 4) is 0 Å². The molecule has 0 unspecified atom stereocenters. The van der Waals surface area contributed by atoms with Gasteiger partial charge in [0.25, 0.3) is 0 Å². The van der Waals surface area contributed by atoms with Gasteiger partial charge in [-0.3, -0.25) is 0 Å². The first-order valence-electron chi connectivity index (χ1n) is 7.33. The third kappa shape index (κ3) is 7.05. The van der Waals surface area contributed by atoms with Crippen LogP contribution in [-0.2, 0) is 0 Å². The molecule has 1 nitrogen and oxygen atoms in total. The fourth-order valence-electron chi connectivity index (χ4n) is 2.09. The van der Waals surface area contributed by atoms with E-state index in [0.717, 1.165) is 11.0 Å². The fourth-order valence-corrected chi connectivity index (χ4v) is 2.51. The number of hydrogen-bond donors (Lipinski definition) is 1. The van der Waals surface area contributed by atoms with Gasteiger partial charge in [-0.15, -0.1) is 0 Å². The molecule has 0 saturated carbocycles. The minimum atomic E-state index is 1.08. The van der Waals surface area contributed by atoms with E-state index < -0.39 is 0 Å². The SMILES string of the molecule is CCCCCCCCCCNc1ccccc1Br. The van der Waals surface area contributed by atoms with Crippen LogP contribution in [0.5, 0.6) is 0 Å². The van der Waals surface area contributed by atoms with Crippen LogP contribution in [0.25, 0.3) is 0 Å². The first-order chi connectivity index (χ1) is 8.84. The summed E-state index contributed by atoms with van der Waals surface area (Å²) in [5.74, 6) is 0. The number of rotatable bonds is 10. The van der Waals surface area contributed by atoms with E-state index >= 15 is 0 Å². The zero-order valence-corrected chi connectivity index (χ0v) is 13.1. The lowest BCUT2D eigenvalue weighted by molar-refractivity contribution is 0.581. The molecule has 0 bridgehead atoms. The molecule has 0 saturated heterocycles. The van der Waals surface area contributed by atoms with Gasteiger partial charge in [0.2, 0.25) is 0 Å². The summed E-state index contributed by atoms with van der Waals surface area (Å²) in [5.41, 5.74) is 1.21. The van der Waals surface area contributed by atoms with Crippen LogP contribution in [0.3, 0.4) is 0 Å². The van der Waals surface area contributed by atoms with Crippen LogP contribution >= 0.6 is 15.9 Å². The molecule has 0 heterocycles. The van der Waals surface area contributed by atoms with Gasteiger partial charge in [0.15, 0.2) is 0 Å². The number of anilines is 1. The van der Waals surface area contributed by atoms with Crippen LogP contribution in [-0.4, -0.2) is 6.54 Å². The van der Waals surface area contributed by atoms with E-state index in [9.17, 15) is 0 Å². The van der Waals surface area contributed by atoms with Gasteiger partial charge in [-0.2, -0.15) is 0 Å². The molecule has 0 aliphatic rings. The summed E-state index contributed by atoms with van der Waals surface area (Å²) in [6.07, 6.45) is 11.0. The van der Waals surface area contributed by atoms with E-state index in [2.05, 4.69) is 46.4 Å². The summed E-state index contributed by atoms with van der Waals surface area (Å²) in [5, 5.41) is 3.48. The lowest BCUT2D eigenvalue weighted by atomic mass is 10.1. The maximum atomic E-state index is 3.55. The number of halogens is 1. The van der Waals surface area contributed by atoms with E-state index in [4.69, 9.17) is 0 Å². The lowest BCUT2D eigenvalue weighted by Crippen LogP contribution is -2.01. The van der Waals surface area contributed by atoms with Gasteiger partial charge >= 0.3 is 0 Å². The summed E-state index contributed by atoms with van der Waals surface area (Å²) in [7, 11) is 0. The van der Waals surface area contributed by atoms with Crippen molar-refractivity contribution in [2.45, 2.75) is 58.3 Å². The molecule has 0 spiro atoms. The molecule has 0 radical (unpaired) electrons. The molecule has 2 heteroatoms. The molecule has 0 fully saturated rings. The first kappa shape index (κ1) is 15.6. The molecule has 0 atom stereocenters. The van der Waals surface area contributed by atoms with Crippen molar-refractivity contribution < 1.29 is 0 Å². The Bertz CT molecular complexity index is 312. The highest BCUT2D eigenvalue weighted by atomic mass is 79.9. The van der Waals surface area contributed by atoms with Crippen LogP contribution in [0.2, 0.25) is 0 Å². The highest BCUT2D eigenvalue weighted by Gasteiger charge is 1.96. The zero-order chi connectivity index (χ0) is 13.1. The van der Waals surface area contributed by atoms with Crippen molar-refractivity contribution in [2.75, 3.05) is 11.9 Å². The second-order valence-electron chi connectivity index (χ2n) is 4.88. The highest BCUT2D eigenvalue weighted by Crippen LogP contribution is 2.21. The molecule has 1 rings (SSSR count). The van der Waals surface area contributed by atoms with E-state index in [1.165, 1.54) is 57.1 Å². The molecule has 102 valence electrons. The van der Waals surface area contributed by atoms with Crippen molar-refractivity contribution in [3.05, 3.63) is 28.7 Å². The Hall–Kier alpha value is -0.500. The van der Waals surface area contributed by atoms with Gasteiger partial charge in [-0.05, 0) is 34.5 Å². The molecule has 0 aromatic heterocycles. The van der Waals surface area contributed by atoms with Gasteiger partial charge in [0.05, 0.1) is 0 Å². The highest BCUT2D eigenvalue weighted by molar-refractivity contribution is 9.10. The maximum absolute atomic E-state index is 3.55. The number of nitrogens with one attached hydrogen (secondary N) is 1. The number of benzene rings is 1. The summed E-state index contributed by atoms with van der Waals surface area (Å²) in [4.78, 5) is 0. The topological polar surface area (TPSA) is 12.0 Å². The van der Waals surface area contributed by atoms with Crippen LogP contribution < -0.4 is 5.32 Å². The minimum absolute atomic E-state index is 1.08. The monoisotopic (exact) mass is 311 g/mol. The van der Waals surface area contributed by atoms with Crippen LogP contribution in [0.1, 0.15) is 58.3 Å². The van der Waals surface area contributed by atoms with E-state index in [1.54, 1.807) is 0 Å². The van der Waals surface area contributed by atoms with E-state index in [0.29, 0.717) is 0 Å². The normalized spacial score (nSPS) is 10.6. The summed E-state index contributed by atoms with van der Waals surface area (Å²) in [6, 6.07) is 8.32. The predicted molar refractivity (Wildman–Crippen MR) is 85.2 cm³/mol. The fraction of sp³-hybridized carbons (Fsp3) is 0.625. The Morgan fingerprint density at radius 1 is 0.889 bits per heavy atom. The van der Waals surface area contributed by atoms with Crippen molar-refractivity contribution in [1.29, 1.82) is 0 Å². The Morgan fingerprint density at radius 2 is 1.50 bits per heavy atom. The van der Waals surface area contributed by atoms with Crippen molar-refractivity contribution in [3.63, 3.8) is 0 Å². The quantitative estimate of drug-likeness (QED) is 0.522. The smallest absolute Gasteiger partial charge is 0.0484 e. The Kier molecular flexibility index (Phi) is 9.01. The molecule has 1 aromatic carbocycles. The molecule has 0 aliphatic carbocycles. The average Bonchev–Trinajstić information content (AvgIpc) is 2.39. The summed E-state index contributed by atoms with van der Waals surface area (Å²) >= 11 is 3.55. The zero-order valence-electron chi connectivity index (χ0n) is 11.6. The van der Waals surface area contributed by atoms with Crippen molar-refractivity contribution in [2.24, 2.45) is 0 Å². The predicted octanol–water partition coefficient (Wildman–Crippen LogP) is 6.00. The Morgan fingerprint density at radius 3 is 2.17 bits per heavy atom. The Labute approximate surface area is 120 Å². The number of para-hydroxylation sites is 1. The lowest BCUT2D eigenvalue weighted by Gasteiger charge is -2.08. The van der Waals surface area contributed by atoms with Crippen LogP contribution in [0.15, 0.2) is 28.7 Å². The number of hydrogen-bond acceptors (Lipinski definition) is 1. The second kappa shape index (κ2) is 10.4. The van der Waals surface area contributed by atoms with Crippen molar-refractivity contribution >= 4 is 21.6 Å². The molecule has 0 aliphatic heterocycles.